The third-order valence-corrected chi connectivity index (χ3v) is 7.04. The van der Waals surface area contributed by atoms with E-state index in [0.717, 1.165) is 6.54 Å². The van der Waals surface area contributed by atoms with E-state index in [-0.39, 0.29) is 20.9 Å². The lowest BCUT2D eigenvalue weighted by Crippen LogP contribution is -2.49. The van der Waals surface area contributed by atoms with Crippen LogP contribution in [0.1, 0.15) is 26.7 Å². The molecule has 27 heavy (non-hydrogen) atoms. The van der Waals surface area contributed by atoms with Gasteiger partial charge >= 0.3 is 0 Å². The van der Waals surface area contributed by atoms with E-state index >= 15 is 0 Å². The van der Waals surface area contributed by atoms with Gasteiger partial charge in [-0.05, 0) is 12.1 Å². The maximum atomic E-state index is 13.3. The maximum absolute atomic E-state index is 13.3. The Morgan fingerprint density at radius 2 is 1.89 bits per heavy atom. The van der Waals surface area contributed by atoms with Gasteiger partial charge in [-0.2, -0.15) is 4.31 Å². The Morgan fingerprint density at radius 3 is 2.48 bits per heavy atom. The highest BCUT2D eigenvalue weighted by Crippen LogP contribution is 2.35. The van der Waals surface area contributed by atoms with Gasteiger partial charge in [0.25, 0.3) is 0 Å². The first kappa shape index (κ1) is 20.5. The van der Waals surface area contributed by atoms with Crippen LogP contribution in [0.5, 0.6) is 0 Å². The van der Waals surface area contributed by atoms with E-state index in [0.29, 0.717) is 44.2 Å². The first-order valence-corrected chi connectivity index (χ1v) is 10.8. The molecule has 1 aliphatic rings. The number of nitrogens with zero attached hydrogens (tertiary/aromatic N) is 3. The zero-order valence-electron chi connectivity index (χ0n) is 16.2. The number of halogens is 1. The SMILES string of the molecule is COCCN1CCN(S(=O)(=O)c2c(Cl)ccc3nc(C(C)(C)C)oc23)CC1. The molecule has 7 nitrogen and oxygen atoms in total. The summed E-state index contributed by atoms with van der Waals surface area (Å²) in [5, 5.41) is 0.154. The highest BCUT2D eigenvalue weighted by molar-refractivity contribution is 7.89. The molecule has 9 heteroatoms. The average molecular weight is 416 g/mol. The van der Waals surface area contributed by atoms with E-state index in [1.54, 1.807) is 19.2 Å². The van der Waals surface area contributed by atoms with Gasteiger partial charge in [0.1, 0.15) is 10.4 Å². The predicted molar refractivity (Wildman–Crippen MR) is 105 cm³/mol. The molecule has 0 spiro atoms. The van der Waals surface area contributed by atoms with Crippen LogP contribution in [-0.4, -0.2) is 69.0 Å². The fraction of sp³-hybridized carbons (Fsp3) is 0.611. The molecule has 0 N–H and O–H groups in total. The number of piperazine rings is 1. The second-order valence-electron chi connectivity index (χ2n) is 7.73. The number of oxazole rings is 1. The smallest absolute Gasteiger partial charge is 0.248 e. The van der Waals surface area contributed by atoms with E-state index in [4.69, 9.17) is 20.8 Å². The van der Waals surface area contributed by atoms with Crippen molar-refractivity contribution >= 4 is 32.7 Å². The average Bonchev–Trinajstić information content (AvgIpc) is 3.04. The van der Waals surface area contributed by atoms with E-state index in [1.807, 2.05) is 20.8 Å². The quantitative estimate of drug-likeness (QED) is 0.747. The Balaban J connectivity index is 1.94. The molecule has 1 fully saturated rings. The molecule has 0 saturated carbocycles. The predicted octanol–water partition coefficient (Wildman–Crippen LogP) is 2.73. The van der Waals surface area contributed by atoms with Gasteiger partial charge in [-0.3, -0.25) is 4.90 Å². The number of aromatic nitrogens is 1. The third kappa shape index (κ3) is 4.14. The van der Waals surface area contributed by atoms with Gasteiger partial charge in [-0.1, -0.05) is 32.4 Å². The molecule has 1 aromatic heterocycles. The van der Waals surface area contributed by atoms with E-state index in [2.05, 4.69) is 9.88 Å². The summed E-state index contributed by atoms with van der Waals surface area (Å²) in [6.07, 6.45) is 0. The lowest BCUT2D eigenvalue weighted by molar-refractivity contribution is 0.123. The largest absolute Gasteiger partial charge is 0.439 e. The standard InChI is InChI=1S/C18H26ClN3O4S/c1-18(2,3)17-20-14-6-5-13(19)16(15(14)26-17)27(23,24)22-9-7-21(8-10-22)11-12-25-4/h5-6H,7-12H2,1-4H3. The fourth-order valence-electron chi connectivity index (χ4n) is 3.05. The zero-order chi connectivity index (χ0) is 19.8. The van der Waals surface area contributed by atoms with Crippen LogP contribution in [0.25, 0.3) is 11.1 Å². The Morgan fingerprint density at radius 1 is 1.22 bits per heavy atom. The molecular formula is C18H26ClN3O4S. The Labute approximate surface area is 165 Å². The van der Waals surface area contributed by atoms with Crippen molar-refractivity contribution in [3.63, 3.8) is 0 Å². The van der Waals surface area contributed by atoms with Crippen molar-refractivity contribution in [3.8, 4) is 0 Å². The molecule has 0 radical (unpaired) electrons. The molecule has 1 saturated heterocycles. The molecular weight excluding hydrogens is 390 g/mol. The molecule has 2 aromatic rings. The van der Waals surface area contributed by atoms with Crippen molar-refractivity contribution in [3.05, 3.63) is 23.0 Å². The van der Waals surface area contributed by atoms with E-state index < -0.39 is 10.0 Å². The monoisotopic (exact) mass is 415 g/mol. The lowest BCUT2D eigenvalue weighted by Gasteiger charge is -2.33. The van der Waals surface area contributed by atoms with Gasteiger partial charge in [-0.15, -0.1) is 0 Å². The van der Waals surface area contributed by atoms with Crippen molar-refractivity contribution in [1.29, 1.82) is 0 Å². The summed E-state index contributed by atoms with van der Waals surface area (Å²) in [7, 11) is -2.13. The minimum atomic E-state index is -3.79. The maximum Gasteiger partial charge on any atom is 0.248 e. The lowest BCUT2D eigenvalue weighted by atomic mass is 9.97. The van der Waals surface area contributed by atoms with Crippen LogP contribution >= 0.6 is 11.6 Å². The number of sulfonamides is 1. The van der Waals surface area contributed by atoms with Crippen molar-refractivity contribution in [2.24, 2.45) is 0 Å². The molecule has 150 valence electrons. The molecule has 0 bridgehead atoms. The summed E-state index contributed by atoms with van der Waals surface area (Å²) in [6.45, 7) is 9.42. The Kier molecular flexibility index (Phi) is 5.84. The zero-order valence-corrected chi connectivity index (χ0v) is 17.7. The highest BCUT2D eigenvalue weighted by atomic mass is 35.5. The van der Waals surface area contributed by atoms with Crippen LogP contribution in [0.2, 0.25) is 5.02 Å². The molecule has 0 unspecified atom stereocenters. The summed E-state index contributed by atoms with van der Waals surface area (Å²) in [4.78, 5) is 6.65. The minimum Gasteiger partial charge on any atom is -0.439 e. The van der Waals surface area contributed by atoms with E-state index in [9.17, 15) is 8.42 Å². The van der Waals surface area contributed by atoms with Crippen LogP contribution < -0.4 is 0 Å². The Hall–Kier alpha value is -1.19. The minimum absolute atomic E-state index is 0.00927. The molecule has 0 atom stereocenters. The second kappa shape index (κ2) is 7.67. The summed E-state index contributed by atoms with van der Waals surface area (Å²) in [5.41, 5.74) is 0.398. The number of methoxy groups -OCH3 is 1. The van der Waals surface area contributed by atoms with Crippen LogP contribution in [0.15, 0.2) is 21.4 Å². The van der Waals surface area contributed by atoms with Crippen molar-refractivity contribution in [2.75, 3.05) is 46.4 Å². The number of ether oxygens (including phenoxy) is 1. The van der Waals surface area contributed by atoms with Gasteiger partial charge in [0.05, 0.1) is 11.6 Å². The van der Waals surface area contributed by atoms with Gasteiger partial charge in [0, 0.05) is 45.2 Å². The molecule has 1 aliphatic heterocycles. The second-order valence-corrected chi connectivity index (χ2v) is 10.0. The van der Waals surface area contributed by atoms with Gasteiger partial charge in [0.15, 0.2) is 5.58 Å². The van der Waals surface area contributed by atoms with Gasteiger partial charge in [0.2, 0.25) is 15.9 Å². The Bertz CT molecular complexity index is 913. The van der Waals surface area contributed by atoms with Crippen molar-refractivity contribution in [2.45, 2.75) is 31.1 Å². The number of hydrogen-bond donors (Lipinski definition) is 0. The summed E-state index contributed by atoms with van der Waals surface area (Å²) < 4.78 is 39.1. The first-order valence-electron chi connectivity index (χ1n) is 8.95. The summed E-state index contributed by atoms with van der Waals surface area (Å²) in [6, 6.07) is 3.26. The highest BCUT2D eigenvalue weighted by Gasteiger charge is 2.34. The van der Waals surface area contributed by atoms with Gasteiger partial charge in [-0.25, -0.2) is 13.4 Å². The fourth-order valence-corrected chi connectivity index (χ4v) is 5.09. The number of benzene rings is 1. The van der Waals surface area contributed by atoms with Crippen LogP contribution in [0.3, 0.4) is 0 Å². The van der Waals surface area contributed by atoms with E-state index in [1.165, 1.54) is 4.31 Å². The first-order chi connectivity index (χ1) is 12.6. The number of hydrogen-bond acceptors (Lipinski definition) is 6. The van der Waals surface area contributed by atoms with Crippen LogP contribution in [0, 0.1) is 0 Å². The molecule has 0 aliphatic carbocycles. The molecule has 2 heterocycles. The molecule has 3 rings (SSSR count). The molecule has 0 amide bonds. The third-order valence-electron chi connectivity index (χ3n) is 4.65. The normalized spacial score (nSPS) is 17.7. The molecule has 1 aromatic carbocycles. The van der Waals surface area contributed by atoms with Crippen molar-refractivity contribution in [1.82, 2.24) is 14.2 Å². The van der Waals surface area contributed by atoms with Crippen molar-refractivity contribution < 1.29 is 17.6 Å². The van der Waals surface area contributed by atoms with Crippen LogP contribution in [-0.2, 0) is 20.2 Å². The van der Waals surface area contributed by atoms with Crippen LogP contribution in [0.4, 0.5) is 0 Å². The number of fused-ring (bicyclic) bond motifs is 1. The van der Waals surface area contributed by atoms with Gasteiger partial charge < -0.3 is 9.15 Å². The summed E-state index contributed by atoms with van der Waals surface area (Å²) in [5.74, 6) is 0.487. The summed E-state index contributed by atoms with van der Waals surface area (Å²) >= 11 is 6.31. The number of rotatable bonds is 5. The topological polar surface area (TPSA) is 75.9 Å².